The summed E-state index contributed by atoms with van der Waals surface area (Å²) >= 11 is 0. The van der Waals surface area contributed by atoms with Crippen molar-refractivity contribution in [2.75, 3.05) is 26.0 Å². The van der Waals surface area contributed by atoms with E-state index in [0.29, 0.717) is 5.56 Å². The topological polar surface area (TPSA) is 98.6 Å². The fourth-order valence-corrected chi connectivity index (χ4v) is 5.28. The second-order valence-electron chi connectivity index (χ2n) is 6.37. The van der Waals surface area contributed by atoms with Crippen molar-refractivity contribution in [1.82, 2.24) is 14.1 Å². The Morgan fingerprint density at radius 2 is 1.96 bits per heavy atom. The fourth-order valence-electron chi connectivity index (χ4n) is 2.88. The molecule has 0 amide bonds. The van der Waals surface area contributed by atoms with Crippen LogP contribution in [0.4, 0.5) is 0 Å². The highest BCUT2D eigenvalue weighted by molar-refractivity contribution is 7.91. The number of rotatable bonds is 4. The van der Waals surface area contributed by atoms with Gasteiger partial charge < -0.3 is 4.74 Å². The molecule has 0 N–H and O–H groups in total. The van der Waals surface area contributed by atoms with E-state index >= 15 is 0 Å². The van der Waals surface area contributed by atoms with E-state index in [-0.39, 0.29) is 29.5 Å². The summed E-state index contributed by atoms with van der Waals surface area (Å²) in [6.07, 6.45) is 4.08. The number of nitrogens with zero attached hydrogens (tertiary/aromatic N) is 3. The Labute approximate surface area is 153 Å². The van der Waals surface area contributed by atoms with Crippen molar-refractivity contribution in [3.05, 3.63) is 41.7 Å². The highest BCUT2D eigenvalue weighted by Gasteiger charge is 2.33. The first kappa shape index (κ1) is 19.0. The summed E-state index contributed by atoms with van der Waals surface area (Å²) < 4.78 is 58.5. The Balaban J connectivity index is 1.95. The summed E-state index contributed by atoms with van der Waals surface area (Å²) in [6, 6.07) is 4.16. The van der Waals surface area contributed by atoms with E-state index in [0.717, 1.165) is 11.8 Å². The van der Waals surface area contributed by atoms with Gasteiger partial charge in [0.2, 0.25) is 10.0 Å². The molecular formula is C16H21N3O5S2. The maximum atomic E-state index is 13.1. The molecule has 0 bridgehead atoms. The average Bonchev–Trinajstić information content (AvgIpc) is 3.00. The largest absolute Gasteiger partial charge is 0.371 e. The fraction of sp³-hybridized carbons (Fsp3) is 0.438. The Hall–Kier alpha value is -1.75. The van der Waals surface area contributed by atoms with Crippen LogP contribution in [0.25, 0.3) is 0 Å². The quantitative estimate of drug-likeness (QED) is 0.757. The average molecular weight is 399 g/mol. The number of sulfone groups is 1. The zero-order valence-corrected chi connectivity index (χ0v) is 16.4. The van der Waals surface area contributed by atoms with Gasteiger partial charge in [-0.3, -0.25) is 4.68 Å². The van der Waals surface area contributed by atoms with Crippen LogP contribution in [-0.2, 0) is 31.6 Å². The zero-order chi connectivity index (χ0) is 19.1. The number of morpholine rings is 1. The third kappa shape index (κ3) is 3.68. The number of hydrogen-bond acceptors (Lipinski definition) is 6. The van der Waals surface area contributed by atoms with E-state index in [1.165, 1.54) is 22.5 Å². The summed E-state index contributed by atoms with van der Waals surface area (Å²) in [4.78, 5) is -0.00833. The van der Waals surface area contributed by atoms with Crippen LogP contribution in [0.5, 0.6) is 0 Å². The molecule has 1 aromatic carbocycles. The Bertz CT molecular complexity index is 1030. The molecule has 8 nitrogen and oxygen atoms in total. The summed E-state index contributed by atoms with van der Waals surface area (Å²) in [5, 5.41) is 4.09. The predicted molar refractivity (Wildman–Crippen MR) is 94.9 cm³/mol. The SMILES string of the molecule is Cc1ccc(S(C)(=O)=O)cc1S(=O)(=O)N1CCO[C@@H](c2cnn(C)c2)C1. The Morgan fingerprint density at radius 1 is 1.23 bits per heavy atom. The van der Waals surface area contributed by atoms with Gasteiger partial charge in [-0.25, -0.2) is 16.8 Å². The lowest BCUT2D eigenvalue weighted by molar-refractivity contribution is -0.00260. The van der Waals surface area contributed by atoms with Gasteiger partial charge in [0.15, 0.2) is 9.84 Å². The molecule has 2 heterocycles. The zero-order valence-electron chi connectivity index (χ0n) is 14.8. The normalized spacial score (nSPS) is 19.6. The van der Waals surface area contributed by atoms with Gasteiger partial charge >= 0.3 is 0 Å². The highest BCUT2D eigenvalue weighted by atomic mass is 32.2. The second kappa shape index (κ2) is 6.76. The molecule has 1 aromatic heterocycles. The first-order valence-electron chi connectivity index (χ1n) is 8.00. The third-order valence-electron chi connectivity index (χ3n) is 4.33. The molecule has 0 unspecified atom stereocenters. The number of sulfonamides is 1. The molecule has 1 atom stereocenters. The van der Waals surface area contributed by atoms with Gasteiger partial charge in [-0.05, 0) is 24.6 Å². The van der Waals surface area contributed by atoms with Crippen molar-refractivity contribution in [3.8, 4) is 0 Å². The van der Waals surface area contributed by atoms with Crippen LogP contribution < -0.4 is 0 Å². The maximum absolute atomic E-state index is 13.1. The second-order valence-corrected chi connectivity index (χ2v) is 10.3. The molecule has 0 radical (unpaired) electrons. The van der Waals surface area contributed by atoms with Crippen LogP contribution in [0.3, 0.4) is 0 Å². The minimum atomic E-state index is -3.85. The Morgan fingerprint density at radius 3 is 2.58 bits per heavy atom. The number of aryl methyl sites for hydroxylation is 2. The summed E-state index contributed by atoms with van der Waals surface area (Å²) in [7, 11) is -5.57. The third-order valence-corrected chi connectivity index (χ3v) is 7.45. The molecule has 1 fully saturated rings. The maximum Gasteiger partial charge on any atom is 0.243 e. The minimum absolute atomic E-state index is 0.00672. The van der Waals surface area contributed by atoms with E-state index in [9.17, 15) is 16.8 Å². The smallest absolute Gasteiger partial charge is 0.243 e. The van der Waals surface area contributed by atoms with E-state index in [2.05, 4.69) is 5.10 Å². The van der Waals surface area contributed by atoms with Crippen LogP contribution in [0.2, 0.25) is 0 Å². The van der Waals surface area contributed by atoms with Crippen molar-refractivity contribution in [3.63, 3.8) is 0 Å². The molecule has 26 heavy (non-hydrogen) atoms. The van der Waals surface area contributed by atoms with Gasteiger partial charge in [0.05, 0.1) is 28.7 Å². The van der Waals surface area contributed by atoms with Crippen LogP contribution in [0.1, 0.15) is 17.2 Å². The lowest BCUT2D eigenvalue weighted by atomic mass is 10.2. The van der Waals surface area contributed by atoms with Crippen molar-refractivity contribution in [1.29, 1.82) is 0 Å². The van der Waals surface area contributed by atoms with E-state index in [1.807, 2.05) is 0 Å². The molecule has 10 heteroatoms. The molecular weight excluding hydrogens is 378 g/mol. The molecule has 0 spiro atoms. The molecule has 0 saturated carbocycles. The van der Waals surface area contributed by atoms with Gasteiger partial charge in [0.1, 0.15) is 0 Å². The van der Waals surface area contributed by atoms with E-state index in [4.69, 9.17) is 4.74 Å². The van der Waals surface area contributed by atoms with Gasteiger partial charge in [0.25, 0.3) is 0 Å². The van der Waals surface area contributed by atoms with Crippen molar-refractivity contribution < 1.29 is 21.6 Å². The number of ether oxygens (including phenoxy) is 1. The monoisotopic (exact) mass is 399 g/mol. The first-order valence-corrected chi connectivity index (χ1v) is 11.3. The van der Waals surface area contributed by atoms with E-state index < -0.39 is 26.0 Å². The molecule has 3 rings (SSSR count). The van der Waals surface area contributed by atoms with Crippen LogP contribution >= 0.6 is 0 Å². The van der Waals surface area contributed by atoms with Gasteiger partial charge in [-0.1, -0.05) is 6.07 Å². The van der Waals surface area contributed by atoms with Gasteiger partial charge in [-0.2, -0.15) is 9.40 Å². The summed E-state index contributed by atoms with van der Waals surface area (Å²) in [6.45, 7) is 2.26. The van der Waals surface area contributed by atoms with Crippen molar-refractivity contribution >= 4 is 19.9 Å². The van der Waals surface area contributed by atoms with Crippen LogP contribution in [-0.4, -0.2) is 56.9 Å². The van der Waals surface area contributed by atoms with Crippen LogP contribution in [0, 0.1) is 6.92 Å². The highest BCUT2D eigenvalue weighted by Crippen LogP contribution is 2.28. The molecule has 142 valence electrons. The predicted octanol–water partition coefficient (Wildman–Crippen LogP) is 0.894. The number of aromatic nitrogens is 2. The lowest BCUT2D eigenvalue weighted by Crippen LogP contribution is -2.42. The molecule has 0 aliphatic carbocycles. The summed E-state index contributed by atoms with van der Waals surface area (Å²) in [5.74, 6) is 0. The van der Waals surface area contributed by atoms with Crippen molar-refractivity contribution in [2.45, 2.75) is 22.8 Å². The number of hydrogen-bond donors (Lipinski definition) is 0. The molecule has 1 aliphatic heterocycles. The molecule has 1 aliphatic rings. The van der Waals surface area contributed by atoms with E-state index in [1.54, 1.807) is 31.0 Å². The Kier molecular flexibility index (Phi) is 4.95. The lowest BCUT2D eigenvalue weighted by Gasteiger charge is -2.32. The van der Waals surface area contributed by atoms with Crippen LogP contribution in [0.15, 0.2) is 40.4 Å². The summed E-state index contributed by atoms with van der Waals surface area (Å²) in [5.41, 5.74) is 1.30. The standard InChI is InChI=1S/C16H21N3O5S2/c1-12-4-5-14(25(3,20)21)8-16(12)26(22,23)19-6-7-24-15(11-19)13-9-17-18(2)10-13/h4-5,8-10,15H,6-7,11H2,1-3H3/t15-/m1/s1. The van der Waals surface area contributed by atoms with Crippen molar-refractivity contribution in [2.24, 2.45) is 7.05 Å². The van der Waals surface area contributed by atoms with Gasteiger partial charge in [-0.15, -0.1) is 0 Å². The molecule has 2 aromatic rings. The first-order chi connectivity index (χ1) is 12.1. The van der Waals surface area contributed by atoms with Gasteiger partial charge in [0, 0.05) is 38.2 Å². The number of benzene rings is 1. The minimum Gasteiger partial charge on any atom is -0.371 e. The molecule has 1 saturated heterocycles.